The molecule has 0 bridgehead atoms. The van der Waals surface area contributed by atoms with E-state index < -0.39 is 5.41 Å². The van der Waals surface area contributed by atoms with E-state index in [-0.39, 0.29) is 5.91 Å². The summed E-state index contributed by atoms with van der Waals surface area (Å²) in [5.74, 6) is 0.489. The van der Waals surface area contributed by atoms with E-state index in [1.807, 2.05) is 13.8 Å². The van der Waals surface area contributed by atoms with Crippen molar-refractivity contribution in [1.29, 1.82) is 0 Å². The number of carbonyl (C=O) groups is 1. The van der Waals surface area contributed by atoms with E-state index in [1.54, 1.807) is 0 Å². The third-order valence-corrected chi connectivity index (χ3v) is 2.81. The minimum atomic E-state index is -0.491. The van der Waals surface area contributed by atoms with Crippen LogP contribution in [-0.2, 0) is 11.2 Å². The zero-order valence-electron chi connectivity index (χ0n) is 9.69. The van der Waals surface area contributed by atoms with Crippen LogP contribution in [0.3, 0.4) is 0 Å². The van der Waals surface area contributed by atoms with Crippen molar-refractivity contribution in [2.75, 3.05) is 13.1 Å². The molecule has 1 unspecified atom stereocenters. The van der Waals surface area contributed by atoms with Crippen molar-refractivity contribution in [3.63, 3.8) is 0 Å². The molecule has 0 aromatic carbocycles. The Kier molecular flexibility index (Phi) is 4.42. The molecular formula is C10H18N4O2. The van der Waals surface area contributed by atoms with E-state index in [0.717, 1.165) is 6.42 Å². The minimum absolute atomic E-state index is 0.0305. The van der Waals surface area contributed by atoms with Gasteiger partial charge in [-0.25, -0.2) is 0 Å². The summed E-state index contributed by atoms with van der Waals surface area (Å²) in [5, 5.41) is 6.30. The van der Waals surface area contributed by atoms with Gasteiger partial charge in [-0.2, -0.15) is 4.98 Å². The fraction of sp³-hybridized carbons (Fsp3) is 0.700. The van der Waals surface area contributed by atoms with Gasteiger partial charge in [0.25, 0.3) is 0 Å². The molecule has 1 aromatic heterocycles. The van der Waals surface area contributed by atoms with E-state index in [9.17, 15) is 4.79 Å². The number of rotatable bonds is 6. The van der Waals surface area contributed by atoms with Crippen LogP contribution >= 0.6 is 0 Å². The first kappa shape index (κ1) is 12.6. The van der Waals surface area contributed by atoms with Crippen LogP contribution in [0.15, 0.2) is 10.9 Å². The van der Waals surface area contributed by atoms with Crippen LogP contribution in [0.4, 0.5) is 0 Å². The van der Waals surface area contributed by atoms with Crippen molar-refractivity contribution in [2.45, 2.75) is 26.7 Å². The van der Waals surface area contributed by atoms with Gasteiger partial charge in [0.1, 0.15) is 0 Å². The van der Waals surface area contributed by atoms with Gasteiger partial charge in [0.2, 0.25) is 11.8 Å². The predicted octanol–water partition coefficient (Wildman–Crippen LogP) is 0.103. The number of nitrogens with zero attached hydrogens (tertiary/aromatic N) is 2. The van der Waals surface area contributed by atoms with Crippen LogP contribution in [0, 0.1) is 5.41 Å². The van der Waals surface area contributed by atoms with Gasteiger partial charge >= 0.3 is 0 Å². The Morgan fingerprint density at radius 1 is 1.69 bits per heavy atom. The van der Waals surface area contributed by atoms with E-state index in [1.165, 1.54) is 6.33 Å². The molecule has 0 saturated carbocycles. The molecule has 1 amide bonds. The Labute approximate surface area is 94.6 Å². The second kappa shape index (κ2) is 5.60. The standard InChI is InChI=1S/C10H18N4O2/c1-3-10(2,6-11)9(15)12-5-4-8-13-7-14-16-8/h7H,3-6,11H2,1-2H3,(H,12,15). The van der Waals surface area contributed by atoms with Gasteiger partial charge in [-0.05, 0) is 13.3 Å². The molecule has 6 heteroatoms. The van der Waals surface area contributed by atoms with E-state index in [0.29, 0.717) is 25.4 Å². The summed E-state index contributed by atoms with van der Waals surface area (Å²) in [5.41, 5.74) is 5.09. The number of carbonyl (C=O) groups excluding carboxylic acids is 1. The molecule has 6 nitrogen and oxygen atoms in total. The van der Waals surface area contributed by atoms with Crippen molar-refractivity contribution >= 4 is 5.91 Å². The average molecular weight is 226 g/mol. The molecule has 3 N–H and O–H groups in total. The summed E-state index contributed by atoms with van der Waals surface area (Å²) >= 11 is 0. The second-order valence-electron chi connectivity index (χ2n) is 3.96. The van der Waals surface area contributed by atoms with Gasteiger partial charge in [0.05, 0.1) is 5.41 Å². The molecular weight excluding hydrogens is 208 g/mol. The zero-order valence-corrected chi connectivity index (χ0v) is 9.69. The fourth-order valence-corrected chi connectivity index (χ4v) is 1.20. The highest BCUT2D eigenvalue weighted by molar-refractivity contribution is 5.82. The Bertz CT molecular complexity index is 320. The molecule has 0 radical (unpaired) electrons. The summed E-state index contributed by atoms with van der Waals surface area (Å²) in [7, 11) is 0. The highest BCUT2D eigenvalue weighted by Crippen LogP contribution is 2.18. The molecule has 0 fully saturated rings. The molecule has 1 rings (SSSR count). The van der Waals surface area contributed by atoms with Crippen molar-refractivity contribution in [3.8, 4) is 0 Å². The third-order valence-electron chi connectivity index (χ3n) is 2.81. The molecule has 0 aliphatic heterocycles. The first-order valence-electron chi connectivity index (χ1n) is 5.36. The zero-order chi connectivity index (χ0) is 12.0. The van der Waals surface area contributed by atoms with Crippen LogP contribution in [0.25, 0.3) is 0 Å². The van der Waals surface area contributed by atoms with Gasteiger partial charge < -0.3 is 15.6 Å². The molecule has 90 valence electrons. The topological polar surface area (TPSA) is 94.0 Å². The lowest BCUT2D eigenvalue weighted by molar-refractivity contribution is -0.129. The quantitative estimate of drug-likeness (QED) is 0.717. The number of hydrogen-bond acceptors (Lipinski definition) is 5. The monoisotopic (exact) mass is 226 g/mol. The highest BCUT2D eigenvalue weighted by Gasteiger charge is 2.29. The first-order valence-corrected chi connectivity index (χ1v) is 5.36. The van der Waals surface area contributed by atoms with E-state index in [2.05, 4.69) is 15.5 Å². The Morgan fingerprint density at radius 3 is 2.94 bits per heavy atom. The van der Waals surface area contributed by atoms with Crippen LogP contribution in [0.2, 0.25) is 0 Å². The molecule has 16 heavy (non-hydrogen) atoms. The molecule has 1 heterocycles. The summed E-state index contributed by atoms with van der Waals surface area (Å²) in [4.78, 5) is 15.7. The van der Waals surface area contributed by atoms with Gasteiger partial charge in [-0.15, -0.1) is 0 Å². The fourth-order valence-electron chi connectivity index (χ4n) is 1.20. The summed E-state index contributed by atoms with van der Waals surface area (Å²) in [6.07, 6.45) is 2.60. The van der Waals surface area contributed by atoms with Crippen LogP contribution < -0.4 is 11.1 Å². The van der Waals surface area contributed by atoms with Crippen molar-refractivity contribution in [3.05, 3.63) is 12.2 Å². The predicted molar refractivity (Wildman–Crippen MR) is 58.5 cm³/mol. The SMILES string of the molecule is CCC(C)(CN)C(=O)NCCc1ncno1. The average Bonchev–Trinajstić information content (AvgIpc) is 2.80. The van der Waals surface area contributed by atoms with Crippen LogP contribution in [0.5, 0.6) is 0 Å². The smallest absolute Gasteiger partial charge is 0.228 e. The first-order chi connectivity index (χ1) is 7.62. The largest absolute Gasteiger partial charge is 0.355 e. The van der Waals surface area contributed by atoms with Crippen LogP contribution in [-0.4, -0.2) is 29.1 Å². The van der Waals surface area contributed by atoms with Gasteiger partial charge in [-0.1, -0.05) is 12.1 Å². The van der Waals surface area contributed by atoms with Crippen molar-refractivity contribution in [2.24, 2.45) is 11.1 Å². The normalized spacial score (nSPS) is 14.4. The molecule has 1 aromatic rings. The number of aromatic nitrogens is 2. The van der Waals surface area contributed by atoms with Gasteiger partial charge in [-0.3, -0.25) is 4.79 Å². The molecule has 0 saturated heterocycles. The maximum Gasteiger partial charge on any atom is 0.228 e. The summed E-state index contributed by atoms with van der Waals surface area (Å²) < 4.78 is 4.82. The minimum Gasteiger partial charge on any atom is -0.355 e. The number of hydrogen-bond donors (Lipinski definition) is 2. The Hall–Kier alpha value is -1.43. The maximum atomic E-state index is 11.8. The molecule has 0 aliphatic carbocycles. The molecule has 0 spiro atoms. The number of amides is 1. The molecule has 0 aliphatic rings. The van der Waals surface area contributed by atoms with Gasteiger partial charge in [0.15, 0.2) is 6.33 Å². The van der Waals surface area contributed by atoms with E-state index >= 15 is 0 Å². The third kappa shape index (κ3) is 3.03. The summed E-state index contributed by atoms with van der Waals surface area (Å²) in [6, 6.07) is 0. The van der Waals surface area contributed by atoms with E-state index in [4.69, 9.17) is 10.3 Å². The van der Waals surface area contributed by atoms with Crippen molar-refractivity contribution < 1.29 is 9.32 Å². The lowest BCUT2D eigenvalue weighted by Gasteiger charge is -2.24. The van der Waals surface area contributed by atoms with Gasteiger partial charge in [0, 0.05) is 19.5 Å². The Balaban J connectivity index is 2.35. The summed E-state index contributed by atoms with van der Waals surface area (Å²) in [6.45, 7) is 4.63. The van der Waals surface area contributed by atoms with Crippen molar-refractivity contribution in [1.82, 2.24) is 15.5 Å². The van der Waals surface area contributed by atoms with Crippen LogP contribution in [0.1, 0.15) is 26.2 Å². The number of nitrogens with one attached hydrogen (secondary N) is 1. The highest BCUT2D eigenvalue weighted by atomic mass is 16.5. The lowest BCUT2D eigenvalue weighted by atomic mass is 9.87. The molecule has 1 atom stereocenters. The Morgan fingerprint density at radius 2 is 2.44 bits per heavy atom. The number of nitrogens with two attached hydrogens (primary N) is 1. The lowest BCUT2D eigenvalue weighted by Crippen LogP contribution is -2.44. The maximum absolute atomic E-state index is 11.8. The second-order valence-corrected chi connectivity index (χ2v) is 3.96.